The lowest BCUT2D eigenvalue weighted by Gasteiger charge is -2.31. The van der Waals surface area contributed by atoms with Gasteiger partial charge in [-0.25, -0.2) is 0 Å². The lowest BCUT2D eigenvalue weighted by molar-refractivity contribution is 0.0661. The Morgan fingerprint density at radius 1 is 1.32 bits per heavy atom. The maximum Gasteiger partial charge on any atom is 0.276 e. The third kappa shape index (κ3) is 3.62. The molecule has 25 heavy (non-hydrogen) atoms. The van der Waals surface area contributed by atoms with Crippen LogP contribution in [0.1, 0.15) is 36.7 Å². The quantitative estimate of drug-likeness (QED) is 0.829. The van der Waals surface area contributed by atoms with Gasteiger partial charge in [-0.3, -0.25) is 4.79 Å². The first-order valence-electron chi connectivity index (χ1n) is 8.64. The number of nitrogens with zero attached hydrogens (tertiary/aromatic N) is 2. The van der Waals surface area contributed by atoms with Crippen LogP contribution in [0, 0.1) is 5.92 Å². The third-order valence-electron chi connectivity index (χ3n) is 4.78. The minimum Gasteiger partial charge on any atom is -0.497 e. The molecular formula is C19H24N2O4. The fraction of sp³-hybridized carbons (Fsp3) is 0.474. The van der Waals surface area contributed by atoms with E-state index in [4.69, 9.17) is 14.0 Å². The molecule has 0 spiro atoms. The van der Waals surface area contributed by atoms with Crippen molar-refractivity contribution in [1.82, 2.24) is 10.1 Å². The number of carbonyl (C=O) groups is 1. The number of likely N-dealkylation sites (tertiary alicyclic amines) is 1. The largest absolute Gasteiger partial charge is 0.497 e. The molecule has 0 aliphatic carbocycles. The van der Waals surface area contributed by atoms with E-state index >= 15 is 0 Å². The van der Waals surface area contributed by atoms with E-state index < -0.39 is 0 Å². The van der Waals surface area contributed by atoms with Crippen molar-refractivity contribution in [1.29, 1.82) is 0 Å². The van der Waals surface area contributed by atoms with E-state index in [0.717, 1.165) is 25.9 Å². The lowest BCUT2D eigenvalue weighted by atomic mass is 9.95. The number of rotatable bonds is 5. The topological polar surface area (TPSA) is 64.8 Å². The monoisotopic (exact) mass is 344 g/mol. The summed E-state index contributed by atoms with van der Waals surface area (Å²) in [5.41, 5.74) is 1.04. The zero-order valence-electron chi connectivity index (χ0n) is 14.9. The molecule has 0 N–H and O–H groups in total. The second-order valence-electron chi connectivity index (χ2n) is 6.31. The van der Waals surface area contributed by atoms with Crippen LogP contribution in [0.5, 0.6) is 11.5 Å². The first kappa shape index (κ1) is 17.3. The molecule has 1 aliphatic rings. The van der Waals surface area contributed by atoms with E-state index in [1.807, 2.05) is 17.0 Å². The summed E-state index contributed by atoms with van der Waals surface area (Å²) in [6.45, 7) is 3.74. The van der Waals surface area contributed by atoms with Crippen molar-refractivity contribution in [2.75, 3.05) is 27.3 Å². The molecule has 0 radical (unpaired) electrons. The smallest absolute Gasteiger partial charge is 0.276 e. The molecule has 3 rings (SSSR count). The molecule has 1 aromatic heterocycles. The molecule has 0 saturated carbocycles. The number of carbonyl (C=O) groups excluding carboxylic acids is 1. The van der Waals surface area contributed by atoms with Crippen LogP contribution in [0.25, 0.3) is 11.3 Å². The number of amides is 1. The third-order valence-corrected chi connectivity index (χ3v) is 4.78. The molecular weight excluding hydrogens is 320 g/mol. The number of hydrogen-bond acceptors (Lipinski definition) is 5. The van der Waals surface area contributed by atoms with Gasteiger partial charge in [-0.2, -0.15) is 0 Å². The standard InChI is InChI=1S/C19H24N2O4/c1-4-13-6-5-9-21(12-13)19(22)16-11-18(25-20-16)15-10-14(23-2)7-8-17(15)24-3/h7-8,10-11,13H,4-6,9,12H2,1-3H3/t13-/m0/s1. The zero-order valence-corrected chi connectivity index (χ0v) is 14.9. The van der Waals surface area contributed by atoms with Gasteiger partial charge < -0.3 is 18.9 Å². The van der Waals surface area contributed by atoms with Crippen LogP contribution in [0.3, 0.4) is 0 Å². The highest BCUT2D eigenvalue weighted by atomic mass is 16.5. The number of benzene rings is 1. The van der Waals surface area contributed by atoms with Crippen LogP contribution in [0.15, 0.2) is 28.8 Å². The van der Waals surface area contributed by atoms with E-state index in [0.29, 0.717) is 34.4 Å². The number of aromatic nitrogens is 1. The van der Waals surface area contributed by atoms with Crippen molar-refractivity contribution in [2.24, 2.45) is 5.92 Å². The summed E-state index contributed by atoms with van der Waals surface area (Å²) in [5, 5.41) is 3.99. The van der Waals surface area contributed by atoms with Gasteiger partial charge in [0.25, 0.3) is 5.91 Å². The molecule has 134 valence electrons. The van der Waals surface area contributed by atoms with Crippen LogP contribution < -0.4 is 9.47 Å². The number of hydrogen-bond donors (Lipinski definition) is 0. The lowest BCUT2D eigenvalue weighted by Crippen LogP contribution is -2.39. The van der Waals surface area contributed by atoms with Crippen molar-refractivity contribution in [3.63, 3.8) is 0 Å². The van der Waals surface area contributed by atoms with Gasteiger partial charge in [0.1, 0.15) is 11.5 Å². The fourth-order valence-corrected chi connectivity index (χ4v) is 3.25. The van der Waals surface area contributed by atoms with Crippen molar-refractivity contribution < 1.29 is 18.8 Å². The van der Waals surface area contributed by atoms with Crippen LogP contribution in [0.2, 0.25) is 0 Å². The summed E-state index contributed by atoms with van der Waals surface area (Å²) in [6.07, 6.45) is 3.32. The normalized spacial score (nSPS) is 17.4. The highest BCUT2D eigenvalue weighted by Crippen LogP contribution is 2.34. The molecule has 1 saturated heterocycles. The molecule has 2 heterocycles. The Hall–Kier alpha value is -2.50. The van der Waals surface area contributed by atoms with Gasteiger partial charge in [0.15, 0.2) is 11.5 Å². The van der Waals surface area contributed by atoms with E-state index in [1.54, 1.807) is 26.4 Å². The van der Waals surface area contributed by atoms with E-state index in [9.17, 15) is 4.79 Å². The van der Waals surface area contributed by atoms with Gasteiger partial charge in [0.2, 0.25) is 0 Å². The Kier molecular flexibility index (Phi) is 5.26. The summed E-state index contributed by atoms with van der Waals surface area (Å²) in [4.78, 5) is 14.6. The predicted octanol–water partition coefficient (Wildman–Crippen LogP) is 3.62. The van der Waals surface area contributed by atoms with Crippen LogP contribution in [-0.2, 0) is 0 Å². The maximum atomic E-state index is 12.7. The number of piperidine rings is 1. The van der Waals surface area contributed by atoms with Crippen LogP contribution in [0.4, 0.5) is 0 Å². The van der Waals surface area contributed by atoms with Gasteiger partial charge in [-0.05, 0) is 37.0 Å². The highest BCUT2D eigenvalue weighted by Gasteiger charge is 2.26. The minimum atomic E-state index is -0.0741. The Balaban J connectivity index is 1.84. The second kappa shape index (κ2) is 7.59. The summed E-state index contributed by atoms with van der Waals surface area (Å²) >= 11 is 0. The predicted molar refractivity (Wildman–Crippen MR) is 94.0 cm³/mol. The van der Waals surface area contributed by atoms with Gasteiger partial charge in [-0.1, -0.05) is 18.5 Å². The van der Waals surface area contributed by atoms with Crippen molar-refractivity contribution in [3.05, 3.63) is 30.0 Å². The molecule has 0 bridgehead atoms. The molecule has 0 unspecified atom stereocenters. The molecule has 1 aliphatic heterocycles. The summed E-state index contributed by atoms with van der Waals surface area (Å²) in [7, 11) is 3.19. The highest BCUT2D eigenvalue weighted by molar-refractivity contribution is 5.93. The van der Waals surface area contributed by atoms with Gasteiger partial charge in [0, 0.05) is 19.2 Å². The summed E-state index contributed by atoms with van der Waals surface area (Å²) in [6, 6.07) is 7.09. The Labute approximate surface area is 147 Å². The summed E-state index contributed by atoms with van der Waals surface area (Å²) in [5.74, 6) is 2.31. The fourth-order valence-electron chi connectivity index (χ4n) is 3.25. The van der Waals surface area contributed by atoms with E-state index in [-0.39, 0.29) is 5.91 Å². The SMILES string of the molecule is CC[C@H]1CCCN(C(=O)c2cc(-c3cc(OC)ccc3OC)on2)C1. The zero-order chi connectivity index (χ0) is 17.8. The van der Waals surface area contributed by atoms with E-state index in [2.05, 4.69) is 12.1 Å². The molecule has 1 amide bonds. The molecule has 6 heteroatoms. The second-order valence-corrected chi connectivity index (χ2v) is 6.31. The molecule has 6 nitrogen and oxygen atoms in total. The Morgan fingerprint density at radius 3 is 2.88 bits per heavy atom. The molecule has 1 atom stereocenters. The van der Waals surface area contributed by atoms with Crippen molar-refractivity contribution >= 4 is 5.91 Å². The first-order chi connectivity index (χ1) is 12.2. The van der Waals surface area contributed by atoms with Crippen molar-refractivity contribution in [2.45, 2.75) is 26.2 Å². The first-order valence-corrected chi connectivity index (χ1v) is 8.64. The Morgan fingerprint density at radius 2 is 2.16 bits per heavy atom. The van der Waals surface area contributed by atoms with Crippen LogP contribution in [-0.4, -0.2) is 43.3 Å². The molecule has 2 aromatic rings. The van der Waals surface area contributed by atoms with Crippen LogP contribution >= 0.6 is 0 Å². The van der Waals surface area contributed by atoms with E-state index in [1.165, 1.54) is 6.42 Å². The van der Waals surface area contributed by atoms with Crippen molar-refractivity contribution in [3.8, 4) is 22.8 Å². The summed E-state index contributed by atoms with van der Waals surface area (Å²) < 4.78 is 16.1. The maximum absolute atomic E-state index is 12.7. The number of ether oxygens (including phenoxy) is 2. The average Bonchev–Trinajstić information content (AvgIpc) is 3.16. The Bertz CT molecular complexity index is 741. The minimum absolute atomic E-state index is 0.0741. The average molecular weight is 344 g/mol. The van der Waals surface area contributed by atoms with Gasteiger partial charge >= 0.3 is 0 Å². The van der Waals surface area contributed by atoms with Gasteiger partial charge in [0.05, 0.1) is 19.8 Å². The molecule has 1 aromatic carbocycles. The number of methoxy groups -OCH3 is 2. The molecule has 1 fully saturated rings. The van der Waals surface area contributed by atoms with Gasteiger partial charge in [-0.15, -0.1) is 0 Å².